The molecule has 0 bridgehead atoms. The van der Waals surface area contributed by atoms with E-state index in [1.54, 1.807) is 18.2 Å². The lowest BCUT2D eigenvalue weighted by atomic mass is 9.91. The minimum absolute atomic E-state index is 0.190. The van der Waals surface area contributed by atoms with Crippen molar-refractivity contribution in [1.29, 1.82) is 0 Å². The molecule has 1 aliphatic heterocycles. The van der Waals surface area contributed by atoms with E-state index in [0.717, 1.165) is 11.1 Å². The van der Waals surface area contributed by atoms with Crippen LogP contribution in [0.25, 0.3) is 0 Å². The smallest absolute Gasteiger partial charge is 0.336 e. The fourth-order valence-corrected chi connectivity index (χ4v) is 3.93. The van der Waals surface area contributed by atoms with Crippen molar-refractivity contribution in [2.75, 3.05) is 13.7 Å². The lowest BCUT2D eigenvalue weighted by Gasteiger charge is -2.24. The van der Waals surface area contributed by atoms with Crippen molar-refractivity contribution in [2.45, 2.75) is 31.4 Å². The van der Waals surface area contributed by atoms with Crippen molar-refractivity contribution in [3.05, 3.63) is 63.1 Å². The van der Waals surface area contributed by atoms with Crippen LogP contribution in [0.5, 0.6) is 5.75 Å². The number of amides is 1. The second-order valence-electron chi connectivity index (χ2n) is 6.88. The topological polar surface area (TPSA) is 84.9 Å². The number of carbonyl (C=O) groups excluding carboxylic acids is 1. The van der Waals surface area contributed by atoms with Crippen molar-refractivity contribution < 1.29 is 24.2 Å². The number of methoxy groups -OCH3 is 1. The van der Waals surface area contributed by atoms with Crippen LogP contribution in [0.4, 0.5) is 0 Å². The molecule has 0 saturated carbocycles. The van der Waals surface area contributed by atoms with Crippen LogP contribution in [-0.4, -0.2) is 36.3 Å². The second-order valence-corrected chi connectivity index (χ2v) is 7.72. The fraction of sp³-hybridized carbons (Fsp3) is 0.333. The van der Waals surface area contributed by atoms with Crippen molar-refractivity contribution in [1.82, 2.24) is 5.32 Å². The highest BCUT2D eigenvalue weighted by Crippen LogP contribution is 2.31. The van der Waals surface area contributed by atoms with Crippen LogP contribution in [0.1, 0.15) is 34.3 Å². The lowest BCUT2D eigenvalue weighted by molar-refractivity contribution is -0.159. The summed E-state index contributed by atoms with van der Waals surface area (Å²) in [6, 6.07) is 10.1. The number of carboxylic acid groups (broad SMARTS) is 1. The van der Waals surface area contributed by atoms with Crippen LogP contribution in [0, 0.1) is 0 Å². The molecule has 1 aliphatic rings. The number of carbonyl (C=O) groups is 2. The zero-order valence-corrected chi connectivity index (χ0v) is 17.3. The molecule has 1 atom stereocenters. The molecule has 1 saturated heterocycles. The maximum Gasteiger partial charge on any atom is 0.336 e. The van der Waals surface area contributed by atoms with Crippen molar-refractivity contribution >= 4 is 35.1 Å². The summed E-state index contributed by atoms with van der Waals surface area (Å²) in [5.41, 5.74) is 0.632. The number of rotatable bonds is 7. The first kappa shape index (κ1) is 21.4. The Labute approximate surface area is 178 Å². The molecule has 154 valence electrons. The Balaban J connectivity index is 1.77. The molecule has 1 fully saturated rings. The van der Waals surface area contributed by atoms with E-state index in [2.05, 4.69) is 5.32 Å². The van der Waals surface area contributed by atoms with E-state index in [0.29, 0.717) is 35.8 Å². The maximum atomic E-state index is 12.5. The number of hydrogen-bond donors (Lipinski definition) is 2. The molecule has 8 heteroatoms. The molecule has 0 radical (unpaired) electrons. The summed E-state index contributed by atoms with van der Waals surface area (Å²) >= 11 is 12.0. The van der Waals surface area contributed by atoms with Crippen LogP contribution in [0.3, 0.4) is 0 Å². The summed E-state index contributed by atoms with van der Waals surface area (Å²) in [6.07, 6.45) is 1.43. The number of benzene rings is 2. The number of nitrogens with one attached hydrogen (secondary N) is 1. The fourth-order valence-electron chi connectivity index (χ4n) is 3.44. The van der Waals surface area contributed by atoms with Gasteiger partial charge in [-0.25, -0.2) is 4.79 Å². The molecule has 0 aromatic heterocycles. The monoisotopic (exact) mass is 437 g/mol. The molecule has 3 rings (SSSR count). The molecule has 2 aromatic carbocycles. The number of halogens is 2. The zero-order chi connectivity index (χ0) is 21.0. The van der Waals surface area contributed by atoms with Gasteiger partial charge in [-0.2, -0.15) is 0 Å². The minimum atomic E-state index is -1.20. The number of aliphatic carboxylic acids is 1. The van der Waals surface area contributed by atoms with Gasteiger partial charge in [-0.1, -0.05) is 35.3 Å². The molecule has 2 N–H and O–H groups in total. The predicted octanol–water partition coefficient (Wildman–Crippen LogP) is 4.11. The van der Waals surface area contributed by atoms with Gasteiger partial charge in [0.25, 0.3) is 5.91 Å². The first-order chi connectivity index (χ1) is 13.8. The van der Waals surface area contributed by atoms with E-state index in [4.69, 9.17) is 32.7 Å². The third-order valence-electron chi connectivity index (χ3n) is 4.94. The molecular weight excluding hydrogens is 417 g/mol. The third kappa shape index (κ3) is 4.83. The van der Waals surface area contributed by atoms with Gasteiger partial charge in [0.05, 0.1) is 17.7 Å². The SMILES string of the molecule is COc1ccc(CC2(C(=O)O)CCCO2)cc1CNC(=O)c1ccc(Cl)cc1Cl. The van der Waals surface area contributed by atoms with Gasteiger partial charge in [-0.05, 0) is 42.7 Å². The Kier molecular flexibility index (Phi) is 6.67. The van der Waals surface area contributed by atoms with Gasteiger partial charge in [-0.3, -0.25) is 4.79 Å². The van der Waals surface area contributed by atoms with Gasteiger partial charge in [0.1, 0.15) is 5.75 Å². The lowest BCUT2D eigenvalue weighted by Crippen LogP contribution is -2.40. The van der Waals surface area contributed by atoms with Crippen LogP contribution in [0.15, 0.2) is 36.4 Å². The van der Waals surface area contributed by atoms with Crippen LogP contribution < -0.4 is 10.1 Å². The molecule has 6 nitrogen and oxygen atoms in total. The van der Waals surface area contributed by atoms with E-state index in [9.17, 15) is 14.7 Å². The molecule has 0 aliphatic carbocycles. The van der Waals surface area contributed by atoms with E-state index in [1.807, 2.05) is 12.1 Å². The van der Waals surface area contributed by atoms with Gasteiger partial charge in [0.15, 0.2) is 5.60 Å². The highest BCUT2D eigenvalue weighted by molar-refractivity contribution is 6.36. The molecular formula is C21H21Cl2NO5. The van der Waals surface area contributed by atoms with Crippen LogP contribution >= 0.6 is 23.2 Å². The molecule has 29 heavy (non-hydrogen) atoms. The van der Waals surface area contributed by atoms with Crippen molar-refractivity contribution in [2.24, 2.45) is 0 Å². The molecule has 0 spiro atoms. The Morgan fingerprint density at radius 2 is 2.03 bits per heavy atom. The summed E-state index contributed by atoms with van der Waals surface area (Å²) in [5, 5.41) is 13.1. The summed E-state index contributed by atoms with van der Waals surface area (Å²) in [7, 11) is 1.54. The molecule has 1 heterocycles. The van der Waals surface area contributed by atoms with Crippen molar-refractivity contribution in [3.8, 4) is 5.75 Å². The highest BCUT2D eigenvalue weighted by atomic mass is 35.5. The predicted molar refractivity (Wildman–Crippen MR) is 110 cm³/mol. The Morgan fingerprint density at radius 1 is 1.24 bits per heavy atom. The summed E-state index contributed by atoms with van der Waals surface area (Å²) < 4.78 is 10.9. The summed E-state index contributed by atoms with van der Waals surface area (Å²) in [4.78, 5) is 24.2. The highest BCUT2D eigenvalue weighted by Gasteiger charge is 2.43. The number of carboxylic acids is 1. The summed E-state index contributed by atoms with van der Waals surface area (Å²) in [5.74, 6) is -0.716. The van der Waals surface area contributed by atoms with E-state index in [-0.39, 0.29) is 23.9 Å². The molecule has 1 amide bonds. The van der Waals surface area contributed by atoms with Gasteiger partial charge < -0.3 is 19.9 Å². The molecule has 2 aromatic rings. The normalized spacial score (nSPS) is 18.4. The quantitative estimate of drug-likeness (QED) is 0.680. The van der Waals surface area contributed by atoms with E-state index in [1.165, 1.54) is 13.2 Å². The van der Waals surface area contributed by atoms with Crippen molar-refractivity contribution in [3.63, 3.8) is 0 Å². The first-order valence-corrected chi connectivity index (χ1v) is 9.86. The van der Waals surface area contributed by atoms with Gasteiger partial charge in [-0.15, -0.1) is 0 Å². The summed E-state index contributed by atoms with van der Waals surface area (Å²) in [6.45, 7) is 0.628. The van der Waals surface area contributed by atoms with E-state index < -0.39 is 11.6 Å². The third-order valence-corrected chi connectivity index (χ3v) is 5.49. The number of ether oxygens (including phenoxy) is 2. The average molecular weight is 438 g/mol. The Bertz CT molecular complexity index is 925. The largest absolute Gasteiger partial charge is 0.496 e. The minimum Gasteiger partial charge on any atom is -0.496 e. The Hall–Kier alpha value is -2.28. The van der Waals surface area contributed by atoms with Gasteiger partial charge in [0, 0.05) is 30.2 Å². The second kappa shape index (κ2) is 9.03. The average Bonchev–Trinajstić information content (AvgIpc) is 3.16. The van der Waals surface area contributed by atoms with E-state index >= 15 is 0 Å². The Morgan fingerprint density at radius 3 is 2.66 bits per heavy atom. The molecule has 1 unspecified atom stereocenters. The van der Waals surface area contributed by atoms with Gasteiger partial charge >= 0.3 is 5.97 Å². The van der Waals surface area contributed by atoms with Gasteiger partial charge in [0.2, 0.25) is 0 Å². The maximum absolute atomic E-state index is 12.5. The number of hydrogen-bond acceptors (Lipinski definition) is 4. The van der Waals surface area contributed by atoms with Crippen LogP contribution in [0.2, 0.25) is 10.0 Å². The van der Waals surface area contributed by atoms with Crippen LogP contribution in [-0.2, 0) is 22.5 Å². The first-order valence-electron chi connectivity index (χ1n) is 9.11. The standard InChI is InChI=1S/C21H21Cl2NO5/c1-28-18-6-3-13(11-21(20(26)27)7-2-8-29-21)9-14(18)12-24-19(25)16-5-4-15(22)10-17(16)23/h3-6,9-10H,2,7-8,11-12H2,1H3,(H,24,25)(H,26,27). The zero-order valence-electron chi connectivity index (χ0n) is 15.8.